The summed E-state index contributed by atoms with van der Waals surface area (Å²) in [5.41, 5.74) is 1.57. The highest BCUT2D eigenvalue weighted by Crippen LogP contribution is 2.18. The van der Waals surface area contributed by atoms with Crippen LogP contribution in [0, 0.1) is 0 Å². The summed E-state index contributed by atoms with van der Waals surface area (Å²) in [6, 6.07) is 26.4. The van der Waals surface area contributed by atoms with Gasteiger partial charge in [0.2, 0.25) is 0 Å². The zero-order valence-electron chi connectivity index (χ0n) is 17.7. The first-order chi connectivity index (χ1) is 16.2. The molecule has 3 aromatic carbocycles. The molecule has 2 N–H and O–H groups in total. The normalized spacial score (nSPS) is 10.3. The third-order valence-corrected chi connectivity index (χ3v) is 4.60. The monoisotopic (exact) mass is 442 g/mol. The van der Waals surface area contributed by atoms with Gasteiger partial charge < -0.3 is 24.5 Å². The van der Waals surface area contributed by atoms with Gasteiger partial charge in [0.1, 0.15) is 24.7 Å². The van der Waals surface area contributed by atoms with Gasteiger partial charge in [0.15, 0.2) is 5.76 Å². The van der Waals surface area contributed by atoms with E-state index in [1.807, 2.05) is 30.3 Å². The highest BCUT2D eigenvalue weighted by molar-refractivity contribution is 6.05. The van der Waals surface area contributed by atoms with E-state index < -0.39 is 0 Å². The number of para-hydroxylation sites is 1. The Labute approximate surface area is 191 Å². The molecule has 4 rings (SSSR count). The lowest BCUT2D eigenvalue weighted by Gasteiger charge is -2.10. The van der Waals surface area contributed by atoms with Crippen molar-refractivity contribution >= 4 is 23.2 Å². The number of amides is 2. The number of hydrogen-bond acceptors (Lipinski definition) is 5. The second kappa shape index (κ2) is 10.7. The molecule has 0 aliphatic carbocycles. The van der Waals surface area contributed by atoms with Gasteiger partial charge in [-0.25, -0.2) is 0 Å². The largest absolute Gasteiger partial charge is 0.490 e. The van der Waals surface area contributed by atoms with Gasteiger partial charge in [-0.3, -0.25) is 9.59 Å². The summed E-state index contributed by atoms with van der Waals surface area (Å²) in [5.74, 6) is 0.999. The maximum absolute atomic E-state index is 12.6. The van der Waals surface area contributed by atoms with Crippen LogP contribution in [0.25, 0.3) is 0 Å². The van der Waals surface area contributed by atoms with Gasteiger partial charge in [-0.15, -0.1) is 0 Å². The van der Waals surface area contributed by atoms with E-state index in [1.54, 1.807) is 60.7 Å². The van der Waals surface area contributed by atoms with E-state index >= 15 is 0 Å². The number of ether oxygens (including phenoxy) is 2. The van der Waals surface area contributed by atoms with E-state index in [0.717, 1.165) is 5.75 Å². The van der Waals surface area contributed by atoms with Crippen LogP contribution in [0.2, 0.25) is 0 Å². The molecule has 0 aliphatic rings. The maximum atomic E-state index is 12.6. The van der Waals surface area contributed by atoms with Gasteiger partial charge in [-0.2, -0.15) is 0 Å². The van der Waals surface area contributed by atoms with Gasteiger partial charge in [-0.05, 0) is 66.7 Å². The molecule has 1 aromatic heterocycles. The molecule has 0 bridgehead atoms. The van der Waals surface area contributed by atoms with Crippen molar-refractivity contribution < 1.29 is 23.5 Å². The predicted molar refractivity (Wildman–Crippen MR) is 125 cm³/mol. The van der Waals surface area contributed by atoms with E-state index in [9.17, 15) is 9.59 Å². The lowest BCUT2D eigenvalue weighted by Crippen LogP contribution is -2.13. The summed E-state index contributed by atoms with van der Waals surface area (Å²) in [6.45, 7) is 0.802. The fraction of sp³-hybridized carbons (Fsp3) is 0.0769. The maximum Gasteiger partial charge on any atom is 0.291 e. The minimum absolute atomic E-state index is 0.207. The number of hydrogen-bond donors (Lipinski definition) is 2. The number of anilines is 2. The molecule has 33 heavy (non-hydrogen) atoms. The second-order valence-corrected chi connectivity index (χ2v) is 7.00. The Bertz CT molecular complexity index is 1190. The minimum atomic E-state index is -0.367. The lowest BCUT2D eigenvalue weighted by molar-refractivity contribution is 0.0995. The molecule has 0 aliphatic heterocycles. The molecule has 166 valence electrons. The molecule has 4 aromatic rings. The number of carbonyl (C=O) groups is 2. The summed E-state index contributed by atoms with van der Waals surface area (Å²) >= 11 is 0. The van der Waals surface area contributed by atoms with E-state index in [1.165, 1.54) is 6.26 Å². The predicted octanol–water partition coefficient (Wildman–Crippen LogP) is 5.24. The Hall–Kier alpha value is -4.52. The van der Waals surface area contributed by atoms with Crippen molar-refractivity contribution in [2.24, 2.45) is 0 Å². The Morgan fingerprint density at radius 3 is 1.94 bits per heavy atom. The van der Waals surface area contributed by atoms with E-state index in [2.05, 4.69) is 10.6 Å². The smallest absolute Gasteiger partial charge is 0.291 e. The first kappa shape index (κ1) is 21.7. The van der Waals surface area contributed by atoms with Crippen molar-refractivity contribution in [1.82, 2.24) is 0 Å². The van der Waals surface area contributed by atoms with Crippen molar-refractivity contribution in [2.75, 3.05) is 23.8 Å². The Morgan fingerprint density at radius 2 is 1.30 bits per heavy atom. The van der Waals surface area contributed by atoms with Crippen molar-refractivity contribution in [3.63, 3.8) is 0 Å². The zero-order chi connectivity index (χ0) is 22.9. The number of benzene rings is 3. The van der Waals surface area contributed by atoms with Crippen LogP contribution in [0.1, 0.15) is 20.9 Å². The molecule has 1 heterocycles. The highest BCUT2D eigenvalue weighted by atomic mass is 16.5. The van der Waals surface area contributed by atoms with Crippen molar-refractivity contribution in [1.29, 1.82) is 0 Å². The molecule has 2 amide bonds. The van der Waals surface area contributed by atoms with Crippen LogP contribution in [0.15, 0.2) is 102 Å². The first-order valence-corrected chi connectivity index (χ1v) is 10.3. The van der Waals surface area contributed by atoms with Gasteiger partial charge in [0.05, 0.1) is 6.26 Å². The highest BCUT2D eigenvalue weighted by Gasteiger charge is 2.10. The summed E-state index contributed by atoms with van der Waals surface area (Å²) in [4.78, 5) is 24.7. The molecular formula is C26H22N2O5. The van der Waals surface area contributed by atoms with Gasteiger partial charge in [-0.1, -0.05) is 24.3 Å². The van der Waals surface area contributed by atoms with Gasteiger partial charge >= 0.3 is 0 Å². The summed E-state index contributed by atoms with van der Waals surface area (Å²) in [6.07, 6.45) is 1.43. The van der Waals surface area contributed by atoms with E-state index in [-0.39, 0.29) is 17.6 Å². The summed E-state index contributed by atoms with van der Waals surface area (Å²) in [7, 11) is 0. The van der Waals surface area contributed by atoms with Crippen LogP contribution < -0.4 is 20.1 Å². The first-order valence-electron chi connectivity index (χ1n) is 10.3. The van der Waals surface area contributed by atoms with Crippen LogP contribution in [0.5, 0.6) is 11.5 Å². The van der Waals surface area contributed by atoms with Crippen LogP contribution >= 0.6 is 0 Å². The third kappa shape index (κ3) is 6.24. The zero-order valence-corrected chi connectivity index (χ0v) is 17.7. The molecule has 0 radical (unpaired) electrons. The van der Waals surface area contributed by atoms with Gasteiger partial charge in [0.25, 0.3) is 11.8 Å². The number of carbonyl (C=O) groups excluding carboxylic acids is 2. The Kier molecular flexibility index (Phi) is 7.02. The summed E-state index contributed by atoms with van der Waals surface area (Å²) < 4.78 is 16.3. The molecule has 0 saturated heterocycles. The average molecular weight is 442 g/mol. The summed E-state index contributed by atoms with van der Waals surface area (Å²) in [5, 5.41) is 5.55. The topological polar surface area (TPSA) is 89.8 Å². The average Bonchev–Trinajstić information content (AvgIpc) is 3.38. The molecule has 0 unspecified atom stereocenters. The molecule has 0 saturated carbocycles. The fourth-order valence-corrected chi connectivity index (χ4v) is 3.02. The standard InChI is InChI=1S/C26H22N2O5/c29-25(27-20-6-4-7-21(18-20)28-26(30)24-10-5-15-33-24)19-11-13-23(14-12-19)32-17-16-31-22-8-2-1-3-9-22/h1-15,18H,16-17H2,(H,27,29)(H,28,30). The molecule has 0 fully saturated rings. The molecular weight excluding hydrogens is 420 g/mol. The van der Waals surface area contributed by atoms with Crippen molar-refractivity contribution in [2.45, 2.75) is 0 Å². The molecule has 0 spiro atoms. The Morgan fingerprint density at radius 1 is 0.667 bits per heavy atom. The molecule has 0 atom stereocenters. The van der Waals surface area contributed by atoms with E-state index in [4.69, 9.17) is 13.9 Å². The minimum Gasteiger partial charge on any atom is -0.490 e. The number of furan rings is 1. The Balaban J connectivity index is 1.27. The second-order valence-electron chi connectivity index (χ2n) is 7.00. The molecule has 7 heteroatoms. The van der Waals surface area contributed by atoms with Crippen molar-refractivity contribution in [3.8, 4) is 11.5 Å². The third-order valence-electron chi connectivity index (χ3n) is 4.60. The van der Waals surface area contributed by atoms with Crippen molar-refractivity contribution in [3.05, 3.63) is 109 Å². The number of nitrogens with one attached hydrogen (secondary N) is 2. The van der Waals surface area contributed by atoms with Crippen LogP contribution in [0.4, 0.5) is 11.4 Å². The van der Waals surface area contributed by atoms with Crippen LogP contribution in [-0.4, -0.2) is 25.0 Å². The van der Waals surface area contributed by atoms with Crippen LogP contribution in [0.3, 0.4) is 0 Å². The molecule has 7 nitrogen and oxygen atoms in total. The fourth-order valence-electron chi connectivity index (χ4n) is 3.02. The van der Waals surface area contributed by atoms with Crippen LogP contribution in [-0.2, 0) is 0 Å². The number of rotatable bonds is 9. The van der Waals surface area contributed by atoms with Gasteiger partial charge in [0, 0.05) is 16.9 Å². The van der Waals surface area contributed by atoms with E-state index in [0.29, 0.717) is 35.9 Å². The lowest BCUT2D eigenvalue weighted by atomic mass is 10.2. The SMILES string of the molecule is O=C(Nc1cccc(NC(=O)c2ccco2)c1)c1ccc(OCCOc2ccccc2)cc1. The quantitative estimate of drug-likeness (QED) is 0.346.